The molecule has 4 rings (SSSR count). The molecule has 3 aromatic carbocycles. The van der Waals surface area contributed by atoms with E-state index in [9.17, 15) is 22.7 Å². The average Bonchev–Trinajstić information content (AvgIpc) is 3.15. The molecule has 4 aromatic rings. The van der Waals surface area contributed by atoms with Gasteiger partial charge in [-0.1, -0.05) is 44.2 Å². The third-order valence-corrected chi connectivity index (χ3v) is 7.22. The second kappa shape index (κ2) is 9.26. The largest absolute Gasteiger partial charge is 0.480 e. The summed E-state index contributed by atoms with van der Waals surface area (Å²) in [4.78, 5) is 16.0. The minimum Gasteiger partial charge on any atom is -0.480 e. The van der Waals surface area contributed by atoms with E-state index in [-0.39, 0.29) is 23.9 Å². The van der Waals surface area contributed by atoms with Crippen LogP contribution in [0, 0.1) is 5.82 Å². The highest BCUT2D eigenvalue weighted by atomic mass is 32.2. The van der Waals surface area contributed by atoms with Gasteiger partial charge >= 0.3 is 5.97 Å². The lowest BCUT2D eigenvalue weighted by atomic mass is 10.2. The van der Waals surface area contributed by atoms with Crippen LogP contribution in [-0.4, -0.2) is 29.0 Å². The number of fused-ring (bicyclic) bond motifs is 1. The monoisotopic (exact) mass is 481 g/mol. The van der Waals surface area contributed by atoms with Gasteiger partial charge in [-0.25, -0.2) is 17.8 Å². The second-order valence-electron chi connectivity index (χ2n) is 8.23. The number of hydrogen-bond acceptors (Lipinski definition) is 4. The zero-order valence-electron chi connectivity index (χ0n) is 18.7. The van der Waals surface area contributed by atoms with E-state index >= 15 is 0 Å². The Morgan fingerprint density at radius 2 is 1.74 bits per heavy atom. The van der Waals surface area contributed by atoms with Gasteiger partial charge in [0.25, 0.3) is 10.0 Å². The van der Waals surface area contributed by atoms with Gasteiger partial charge in [-0.3, -0.25) is 9.10 Å². The Labute approximate surface area is 197 Å². The number of aromatic nitrogens is 2. The number of benzene rings is 3. The molecule has 176 valence electrons. The number of carboxylic acids is 1. The highest BCUT2D eigenvalue weighted by Crippen LogP contribution is 2.30. The van der Waals surface area contributed by atoms with Gasteiger partial charge in [-0.05, 0) is 48.0 Å². The maximum atomic E-state index is 13.6. The first-order chi connectivity index (χ1) is 16.2. The van der Waals surface area contributed by atoms with Gasteiger partial charge in [-0.15, -0.1) is 0 Å². The molecule has 0 atom stereocenters. The van der Waals surface area contributed by atoms with E-state index in [1.807, 2.05) is 44.2 Å². The van der Waals surface area contributed by atoms with E-state index in [4.69, 9.17) is 0 Å². The smallest absolute Gasteiger partial charge is 0.323 e. The number of nitrogens with zero attached hydrogens (tertiary/aromatic N) is 3. The summed E-state index contributed by atoms with van der Waals surface area (Å²) in [6, 6.07) is 18.8. The highest BCUT2D eigenvalue weighted by Gasteiger charge is 2.26. The fourth-order valence-corrected chi connectivity index (χ4v) is 5.28. The van der Waals surface area contributed by atoms with Crippen LogP contribution in [0.15, 0.2) is 77.7 Å². The molecular weight excluding hydrogens is 457 g/mol. The van der Waals surface area contributed by atoms with Crippen molar-refractivity contribution in [2.45, 2.75) is 37.8 Å². The molecule has 0 saturated carbocycles. The van der Waals surface area contributed by atoms with Crippen LogP contribution >= 0.6 is 0 Å². The first-order valence-corrected chi connectivity index (χ1v) is 12.1. The number of rotatable bonds is 8. The zero-order valence-corrected chi connectivity index (χ0v) is 19.5. The summed E-state index contributed by atoms with van der Waals surface area (Å²) in [6.45, 7) is 3.65. The Morgan fingerprint density at radius 1 is 1.06 bits per heavy atom. The summed E-state index contributed by atoms with van der Waals surface area (Å²) >= 11 is 0. The molecule has 0 fully saturated rings. The standard InChI is InChI=1S/C25H24FN3O4S/c1-17(2)25-27-22-14-20(10-13-23(22)28(25)16-24(30)31)29(15-18-6-4-3-5-7-18)34(32,33)21-11-8-19(26)9-12-21/h3-14,17H,15-16H2,1-2H3,(H,30,31). The van der Waals surface area contributed by atoms with Crippen molar-refractivity contribution in [3.63, 3.8) is 0 Å². The van der Waals surface area contributed by atoms with Crippen molar-refractivity contribution in [1.82, 2.24) is 9.55 Å². The van der Waals surface area contributed by atoms with Crippen molar-refractivity contribution in [3.8, 4) is 0 Å². The summed E-state index contributed by atoms with van der Waals surface area (Å²) in [5.74, 6) is -0.945. The van der Waals surface area contributed by atoms with E-state index in [2.05, 4.69) is 4.98 Å². The van der Waals surface area contributed by atoms with Crippen LogP contribution in [-0.2, 0) is 27.9 Å². The summed E-state index contributed by atoms with van der Waals surface area (Å²) in [5.41, 5.74) is 2.24. The van der Waals surface area contributed by atoms with Gasteiger partial charge in [0.2, 0.25) is 0 Å². The lowest BCUT2D eigenvalue weighted by molar-refractivity contribution is -0.137. The third-order valence-electron chi connectivity index (χ3n) is 5.43. The number of hydrogen-bond donors (Lipinski definition) is 1. The molecule has 7 nitrogen and oxygen atoms in total. The second-order valence-corrected chi connectivity index (χ2v) is 10.1. The quantitative estimate of drug-likeness (QED) is 0.391. The highest BCUT2D eigenvalue weighted by molar-refractivity contribution is 7.92. The van der Waals surface area contributed by atoms with E-state index in [0.717, 1.165) is 17.7 Å². The zero-order chi connectivity index (χ0) is 24.5. The first kappa shape index (κ1) is 23.4. The molecule has 0 spiro atoms. The Bertz CT molecular complexity index is 1430. The lowest BCUT2D eigenvalue weighted by Gasteiger charge is -2.25. The van der Waals surface area contributed by atoms with Crippen molar-refractivity contribution in [1.29, 1.82) is 0 Å². The molecule has 1 heterocycles. The molecule has 1 aromatic heterocycles. The predicted molar refractivity (Wildman–Crippen MR) is 128 cm³/mol. The van der Waals surface area contributed by atoms with Crippen LogP contribution in [0.5, 0.6) is 0 Å². The number of sulfonamides is 1. The lowest BCUT2D eigenvalue weighted by Crippen LogP contribution is -2.30. The van der Waals surface area contributed by atoms with Crippen molar-refractivity contribution in [2.75, 3.05) is 4.31 Å². The molecule has 0 radical (unpaired) electrons. The molecule has 34 heavy (non-hydrogen) atoms. The molecule has 0 amide bonds. The van der Waals surface area contributed by atoms with E-state index in [1.165, 1.54) is 16.4 Å². The minimum atomic E-state index is -4.04. The van der Waals surface area contributed by atoms with Gasteiger partial charge < -0.3 is 9.67 Å². The maximum Gasteiger partial charge on any atom is 0.323 e. The third kappa shape index (κ3) is 4.65. The minimum absolute atomic E-state index is 0.0291. The number of anilines is 1. The summed E-state index contributed by atoms with van der Waals surface area (Å²) < 4.78 is 43.6. The van der Waals surface area contributed by atoms with Crippen LogP contribution in [0.25, 0.3) is 11.0 Å². The molecule has 0 aliphatic rings. The molecule has 1 N–H and O–H groups in total. The number of carbonyl (C=O) groups is 1. The molecule has 0 aliphatic carbocycles. The van der Waals surface area contributed by atoms with Crippen LogP contribution < -0.4 is 4.31 Å². The SMILES string of the molecule is CC(C)c1nc2cc(N(Cc3ccccc3)S(=O)(=O)c3ccc(F)cc3)ccc2n1CC(=O)O. The molecule has 0 aliphatic heterocycles. The molecule has 9 heteroatoms. The molecular formula is C25H24FN3O4S. The predicted octanol–water partition coefficient (Wildman–Crippen LogP) is 4.78. The van der Waals surface area contributed by atoms with E-state index in [1.54, 1.807) is 22.8 Å². The first-order valence-electron chi connectivity index (χ1n) is 10.7. The van der Waals surface area contributed by atoms with Gasteiger partial charge in [0.15, 0.2) is 0 Å². The van der Waals surface area contributed by atoms with Crippen molar-refractivity contribution in [2.24, 2.45) is 0 Å². The van der Waals surface area contributed by atoms with Crippen LogP contribution in [0.4, 0.5) is 10.1 Å². The molecule has 0 saturated heterocycles. The van der Waals surface area contributed by atoms with Gasteiger partial charge in [-0.2, -0.15) is 0 Å². The average molecular weight is 482 g/mol. The summed E-state index contributed by atoms with van der Waals surface area (Å²) in [6.07, 6.45) is 0. The van der Waals surface area contributed by atoms with E-state index in [0.29, 0.717) is 22.5 Å². The van der Waals surface area contributed by atoms with Gasteiger partial charge in [0.1, 0.15) is 18.2 Å². The Morgan fingerprint density at radius 3 is 2.35 bits per heavy atom. The van der Waals surface area contributed by atoms with Gasteiger partial charge in [0.05, 0.1) is 28.2 Å². The maximum absolute atomic E-state index is 13.6. The fraction of sp³-hybridized carbons (Fsp3) is 0.200. The topological polar surface area (TPSA) is 92.5 Å². The molecule has 0 bridgehead atoms. The van der Waals surface area contributed by atoms with E-state index < -0.39 is 21.8 Å². The van der Waals surface area contributed by atoms with Crippen LogP contribution in [0.3, 0.4) is 0 Å². The normalized spacial score (nSPS) is 11.8. The number of halogens is 1. The van der Waals surface area contributed by atoms with Crippen molar-refractivity contribution in [3.05, 3.63) is 90.0 Å². The van der Waals surface area contributed by atoms with Gasteiger partial charge in [0, 0.05) is 5.92 Å². The Hall–Kier alpha value is -3.72. The van der Waals surface area contributed by atoms with Crippen LogP contribution in [0.2, 0.25) is 0 Å². The Kier molecular flexibility index (Phi) is 6.39. The van der Waals surface area contributed by atoms with Crippen LogP contribution in [0.1, 0.15) is 31.2 Å². The number of imidazole rings is 1. The number of aliphatic carboxylic acids is 1. The summed E-state index contributed by atoms with van der Waals surface area (Å²) in [7, 11) is -4.04. The molecule has 0 unspecified atom stereocenters. The Balaban J connectivity index is 1.86. The summed E-state index contributed by atoms with van der Waals surface area (Å²) in [5, 5.41) is 9.35. The fourth-order valence-electron chi connectivity index (χ4n) is 3.83. The van der Waals surface area contributed by atoms with Crippen molar-refractivity contribution < 1.29 is 22.7 Å². The number of carboxylic acid groups (broad SMARTS) is 1. The van der Waals surface area contributed by atoms with Crippen molar-refractivity contribution >= 4 is 32.7 Å².